The molecule has 1 aromatic carbocycles. The van der Waals surface area contributed by atoms with Crippen molar-refractivity contribution in [1.82, 2.24) is 13.9 Å². The van der Waals surface area contributed by atoms with Crippen LogP contribution in [0.4, 0.5) is 9.52 Å². The lowest BCUT2D eigenvalue weighted by Crippen LogP contribution is -2.13. The lowest BCUT2D eigenvalue weighted by molar-refractivity contribution is -0.112. The Bertz CT molecular complexity index is 1200. The van der Waals surface area contributed by atoms with Crippen molar-refractivity contribution >= 4 is 38.5 Å². The van der Waals surface area contributed by atoms with E-state index in [9.17, 15) is 22.9 Å². The minimum absolute atomic E-state index is 0.0412. The fourth-order valence-electron chi connectivity index (χ4n) is 2.22. The number of aromatic nitrogens is 3. The van der Waals surface area contributed by atoms with Gasteiger partial charge >= 0.3 is 0 Å². The van der Waals surface area contributed by atoms with Gasteiger partial charge in [-0.25, -0.2) is 12.8 Å². The number of carbonyl (C=O) groups is 1. The summed E-state index contributed by atoms with van der Waals surface area (Å²) in [6.45, 7) is 0. The zero-order valence-corrected chi connectivity index (χ0v) is 16.0. The van der Waals surface area contributed by atoms with Gasteiger partial charge in [0.05, 0.1) is 0 Å². The molecule has 8 nitrogen and oxygen atoms in total. The van der Waals surface area contributed by atoms with E-state index in [0.29, 0.717) is 22.9 Å². The molecule has 0 saturated heterocycles. The number of hydrogen-bond donors (Lipinski definition) is 1. The normalized spacial score (nSPS) is 11.8. The number of nitrogens with one attached hydrogen (secondary N) is 1. The molecule has 11 heteroatoms. The van der Waals surface area contributed by atoms with Crippen molar-refractivity contribution in [3.05, 3.63) is 59.7 Å². The predicted octanol–water partition coefficient (Wildman–Crippen LogP) is 2.42. The molecular weight excluding hydrogens is 405 g/mol. The molecule has 1 amide bonds. The highest BCUT2D eigenvalue weighted by Crippen LogP contribution is 2.18. The summed E-state index contributed by atoms with van der Waals surface area (Å²) in [4.78, 5) is 16.1. The number of nitrogens with zero attached hydrogens (tertiary/aromatic N) is 4. The number of amides is 1. The van der Waals surface area contributed by atoms with Crippen LogP contribution in [0.2, 0.25) is 0 Å². The van der Waals surface area contributed by atoms with Crippen LogP contribution in [0.5, 0.6) is 0 Å². The van der Waals surface area contributed by atoms with E-state index in [1.807, 2.05) is 0 Å². The van der Waals surface area contributed by atoms with Gasteiger partial charge in [0.25, 0.3) is 11.1 Å². The molecule has 0 bridgehead atoms. The number of rotatable bonds is 5. The van der Waals surface area contributed by atoms with Gasteiger partial charge in [-0.2, -0.15) is 14.6 Å². The molecule has 0 aliphatic heterocycles. The van der Waals surface area contributed by atoms with Crippen molar-refractivity contribution < 1.29 is 17.6 Å². The molecule has 3 aromatic rings. The van der Waals surface area contributed by atoms with Gasteiger partial charge in [0.15, 0.2) is 0 Å². The Labute approximate surface area is 163 Å². The molecular formula is C17H12FN5O3S2. The maximum Gasteiger partial charge on any atom is 0.268 e. The Balaban J connectivity index is 1.86. The van der Waals surface area contributed by atoms with E-state index in [4.69, 9.17) is 0 Å². The summed E-state index contributed by atoms with van der Waals surface area (Å²) in [5.41, 5.74) is 0.947. The third kappa shape index (κ3) is 4.30. The zero-order valence-electron chi connectivity index (χ0n) is 14.3. The SMILES string of the molecule is CS(=O)(=O)c1nsc(NC(=O)/C(C#N)=C\c2cccn2-c2ccc(F)cc2)n1. The molecule has 0 aliphatic rings. The standard InChI is InChI=1S/C17H12FN5O3S2/c1-28(25,26)17-21-16(27-22-17)20-15(24)11(10-19)9-14-3-2-8-23(14)13-6-4-12(18)5-7-13/h2-9H,1H3,(H,20,21,22,24)/b11-9-. The Morgan fingerprint density at radius 3 is 2.64 bits per heavy atom. The van der Waals surface area contributed by atoms with Gasteiger partial charge in [-0.15, -0.1) is 0 Å². The van der Waals surface area contributed by atoms with Gasteiger partial charge < -0.3 is 4.57 Å². The number of halogens is 1. The smallest absolute Gasteiger partial charge is 0.268 e. The summed E-state index contributed by atoms with van der Waals surface area (Å²) < 4.78 is 41.3. The summed E-state index contributed by atoms with van der Waals surface area (Å²) >= 11 is 0.692. The minimum atomic E-state index is -3.60. The molecule has 2 aromatic heterocycles. The second-order valence-electron chi connectivity index (χ2n) is 5.56. The molecule has 0 saturated carbocycles. The van der Waals surface area contributed by atoms with Crippen molar-refractivity contribution in [2.24, 2.45) is 0 Å². The highest BCUT2D eigenvalue weighted by atomic mass is 32.2. The molecule has 0 fully saturated rings. The first-order valence-electron chi connectivity index (χ1n) is 7.68. The van der Waals surface area contributed by atoms with Crippen LogP contribution < -0.4 is 5.32 Å². The molecule has 142 valence electrons. The second kappa shape index (κ2) is 7.71. The summed E-state index contributed by atoms with van der Waals surface area (Å²) in [7, 11) is -3.60. The third-order valence-electron chi connectivity index (χ3n) is 3.50. The molecule has 28 heavy (non-hydrogen) atoms. The highest BCUT2D eigenvalue weighted by Gasteiger charge is 2.17. The van der Waals surface area contributed by atoms with Crippen molar-refractivity contribution in [2.45, 2.75) is 5.16 Å². The Kier molecular flexibility index (Phi) is 5.34. The third-order valence-corrected chi connectivity index (χ3v) is 5.09. The number of nitriles is 1. The zero-order chi connectivity index (χ0) is 20.3. The van der Waals surface area contributed by atoms with Crippen molar-refractivity contribution in [3.8, 4) is 11.8 Å². The summed E-state index contributed by atoms with van der Waals surface area (Å²) in [6.07, 6.45) is 4.01. The second-order valence-corrected chi connectivity index (χ2v) is 8.22. The summed E-state index contributed by atoms with van der Waals surface area (Å²) in [6, 6.07) is 10.9. The average Bonchev–Trinajstić information content (AvgIpc) is 3.29. The van der Waals surface area contributed by atoms with Gasteiger partial charge in [-0.05, 0) is 42.5 Å². The van der Waals surface area contributed by atoms with Crippen molar-refractivity contribution in [1.29, 1.82) is 5.26 Å². The Morgan fingerprint density at radius 2 is 2.04 bits per heavy atom. The number of benzene rings is 1. The Hall–Kier alpha value is -3.36. The molecule has 0 aliphatic carbocycles. The number of hydrogen-bond acceptors (Lipinski definition) is 7. The molecule has 0 spiro atoms. The molecule has 0 radical (unpaired) electrons. The van der Waals surface area contributed by atoms with Crippen LogP contribution in [0, 0.1) is 17.1 Å². The van der Waals surface area contributed by atoms with Crippen LogP contribution in [-0.2, 0) is 14.6 Å². The minimum Gasteiger partial charge on any atom is -0.317 e. The molecule has 1 N–H and O–H groups in total. The van der Waals surface area contributed by atoms with E-state index in [1.54, 1.807) is 41.1 Å². The average molecular weight is 417 g/mol. The first-order valence-corrected chi connectivity index (χ1v) is 10.3. The number of anilines is 1. The van der Waals surface area contributed by atoms with E-state index < -0.39 is 20.9 Å². The molecule has 0 atom stereocenters. The van der Waals surface area contributed by atoms with Crippen LogP contribution in [0.3, 0.4) is 0 Å². The fourth-order valence-corrected chi connectivity index (χ4v) is 3.66. The van der Waals surface area contributed by atoms with Crippen LogP contribution in [0.1, 0.15) is 5.69 Å². The van der Waals surface area contributed by atoms with Gasteiger partial charge in [0.2, 0.25) is 15.0 Å². The van der Waals surface area contributed by atoms with E-state index in [2.05, 4.69) is 14.7 Å². The first kappa shape index (κ1) is 19.4. The lowest BCUT2D eigenvalue weighted by atomic mass is 10.2. The largest absolute Gasteiger partial charge is 0.317 e. The maximum atomic E-state index is 13.1. The number of carbonyl (C=O) groups excluding carboxylic acids is 1. The summed E-state index contributed by atoms with van der Waals surface area (Å²) in [5, 5.41) is 11.3. The molecule has 3 rings (SSSR count). The van der Waals surface area contributed by atoms with Crippen LogP contribution >= 0.6 is 11.5 Å². The highest BCUT2D eigenvalue weighted by molar-refractivity contribution is 7.90. The maximum absolute atomic E-state index is 13.1. The lowest BCUT2D eigenvalue weighted by Gasteiger charge is -2.07. The Morgan fingerprint density at radius 1 is 1.32 bits per heavy atom. The molecule has 0 unspecified atom stereocenters. The predicted molar refractivity (Wildman–Crippen MR) is 101 cm³/mol. The van der Waals surface area contributed by atoms with Gasteiger partial charge in [-0.3, -0.25) is 10.1 Å². The van der Waals surface area contributed by atoms with E-state index in [0.717, 1.165) is 6.26 Å². The van der Waals surface area contributed by atoms with Crippen LogP contribution in [0.25, 0.3) is 11.8 Å². The summed E-state index contributed by atoms with van der Waals surface area (Å²) in [5.74, 6) is -1.14. The molecule has 2 heterocycles. The van der Waals surface area contributed by atoms with E-state index in [1.165, 1.54) is 18.2 Å². The first-order chi connectivity index (χ1) is 13.3. The fraction of sp³-hybridized carbons (Fsp3) is 0.0588. The van der Waals surface area contributed by atoms with Gasteiger partial charge in [0.1, 0.15) is 17.5 Å². The van der Waals surface area contributed by atoms with Gasteiger partial charge in [0, 0.05) is 35.4 Å². The number of sulfone groups is 1. The van der Waals surface area contributed by atoms with E-state index in [-0.39, 0.29) is 16.5 Å². The van der Waals surface area contributed by atoms with Crippen LogP contribution in [0.15, 0.2) is 53.3 Å². The topological polar surface area (TPSA) is 118 Å². The van der Waals surface area contributed by atoms with E-state index >= 15 is 0 Å². The monoisotopic (exact) mass is 417 g/mol. The van der Waals surface area contributed by atoms with Crippen molar-refractivity contribution in [3.63, 3.8) is 0 Å². The van der Waals surface area contributed by atoms with Crippen molar-refractivity contribution in [2.75, 3.05) is 11.6 Å². The van der Waals surface area contributed by atoms with Gasteiger partial charge in [-0.1, -0.05) is 0 Å². The quantitative estimate of drug-likeness (QED) is 0.503. The van der Waals surface area contributed by atoms with Crippen LogP contribution in [-0.4, -0.2) is 34.5 Å².